The summed E-state index contributed by atoms with van der Waals surface area (Å²) in [7, 11) is -1.52. The normalized spacial score (nSPS) is 20.6. The van der Waals surface area contributed by atoms with Crippen LogP contribution >= 0.6 is 0 Å². The average molecular weight is 417 g/mol. The standard InChI is InChI=1S/C21H23NO6S/c1-21(9-10-29(25,26)14-21)22-19(23)13-28-20(24)8-4-15-3-5-17-12-18(27-2)7-6-16(17)11-15/h3-8,11-12H,9-10,13-14H2,1-2H3,(H,22,23)/b8-4+/t21-/m0/s1. The van der Waals surface area contributed by atoms with Crippen molar-refractivity contribution in [3.63, 3.8) is 0 Å². The maximum absolute atomic E-state index is 12.0. The zero-order valence-corrected chi connectivity index (χ0v) is 17.1. The van der Waals surface area contributed by atoms with Crippen LogP contribution in [0.4, 0.5) is 0 Å². The SMILES string of the molecule is COc1ccc2cc(/C=C/C(=O)OCC(=O)N[C@@]3(C)CCS(=O)(=O)C3)ccc2c1. The topological polar surface area (TPSA) is 98.8 Å². The van der Waals surface area contributed by atoms with E-state index < -0.39 is 33.9 Å². The summed E-state index contributed by atoms with van der Waals surface area (Å²) in [5.41, 5.74) is -0.000828. The highest BCUT2D eigenvalue weighted by molar-refractivity contribution is 7.91. The predicted octanol–water partition coefficient (Wildman–Crippen LogP) is 2.10. The summed E-state index contributed by atoms with van der Waals surface area (Å²) in [6.07, 6.45) is 3.21. The van der Waals surface area contributed by atoms with Gasteiger partial charge in [-0.05, 0) is 54.0 Å². The van der Waals surface area contributed by atoms with Gasteiger partial charge < -0.3 is 14.8 Å². The molecule has 2 aromatic carbocycles. The Labute approximate surface area is 169 Å². The lowest BCUT2D eigenvalue weighted by Gasteiger charge is -2.23. The van der Waals surface area contributed by atoms with Crippen molar-refractivity contribution in [1.82, 2.24) is 5.32 Å². The third kappa shape index (κ3) is 5.57. The second-order valence-electron chi connectivity index (χ2n) is 7.36. The van der Waals surface area contributed by atoms with Crippen LogP contribution in [-0.2, 0) is 24.2 Å². The first-order valence-corrected chi connectivity index (χ1v) is 10.9. The maximum Gasteiger partial charge on any atom is 0.331 e. The Morgan fingerprint density at radius 3 is 2.59 bits per heavy atom. The molecular weight excluding hydrogens is 394 g/mol. The molecule has 8 heteroatoms. The molecule has 1 atom stereocenters. The number of nitrogens with one attached hydrogen (secondary N) is 1. The van der Waals surface area contributed by atoms with E-state index in [1.54, 1.807) is 20.1 Å². The van der Waals surface area contributed by atoms with E-state index in [0.717, 1.165) is 22.1 Å². The van der Waals surface area contributed by atoms with Gasteiger partial charge in [0.2, 0.25) is 0 Å². The number of benzene rings is 2. The molecule has 154 valence electrons. The summed E-state index contributed by atoms with van der Waals surface area (Å²) in [4.78, 5) is 23.9. The molecule has 0 aromatic heterocycles. The fraction of sp³-hybridized carbons (Fsp3) is 0.333. The monoisotopic (exact) mass is 417 g/mol. The molecule has 0 saturated carbocycles. The highest BCUT2D eigenvalue weighted by atomic mass is 32.2. The molecule has 1 saturated heterocycles. The van der Waals surface area contributed by atoms with E-state index in [9.17, 15) is 18.0 Å². The van der Waals surface area contributed by atoms with E-state index in [1.165, 1.54) is 6.08 Å². The van der Waals surface area contributed by atoms with Gasteiger partial charge in [0.15, 0.2) is 16.4 Å². The number of carbonyl (C=O) groups excluding carboxylic acids is 2. The van der Waals surface area contributed by atoms with Crippen LogP contribution in [0.1, 0.15) is 18.9 Å². The quantitative estimate of drug-likeness (QED) is 0.571. The molecule has 3 rings (SSSR count). The van der Waals surface area contributed by atoms with Crippen molar-refractivity contribution in [2.75, 3.05) is 25.2 Å². The Morgan fingerprint density at radius 2 is 1.90 bits per heavy atom. The second-order valence-corrected chi connectivity index (χ2v) is 9.55. The van der Waals surface area contributed by atoms with E-state index in [2.05, 4.69) is 5.32 Å². The number of sulfone groups is 1. The molecule has 1 aliphatic rings. The molecule has 1 aliphatic heterocycles. The molecule has 0 aliphatic carbocycles. The lowest BCUT2D eigenvalue weighted by Crippen LogP contribution is -2.48. The van der Waals surface area contributed by atoms with E-state index in [4.69, 9.17) is 9.47 Å². The minimum absolute atomic E-state index is 0.0465. The molecule has 2 aromatic rings. The summed E-state index contributed by atoms with van der Waals surface area (Å²) >= 11 is 0. The Hall–Kier alpha value is -2.87. The zero-order chi connectivity index (χ0) is 21.1. The van der Waals surface area contributed by atoms with Crippen LogP contribution in [-0.4, -0.2) is 51.1 Å². The van der Waals surface area contributed by atoms with Gasteiger partial charge in [-0.3, -0.25) is 4.79 Å². The van der Waals surface area contributed by atoms with Crippen molar-refractivity contribution in [3.8, 4) is 5.75 Å². The number of fused-ring (bicyclic) bond motifs is 1. The van der Waals surface area contributed by atoms with Crippen molar-refractivity contribution in [3.05, 3.63) is 48.0 Å². The van der Waals surface area contributed by atoms with Crippen LogP contribution in [0.5, 0.6) is 5.75 Å². The third-order valence-corrected chi connectivity index (χ3v) is 6.68. The van der Waals surface area contributed by atoms with Gasteiger partial charge in [0.25, 0.3) is 5.91 Å². The van der Waals surface area contributed by atoms with Gasteiger partial charge in [-0.1, -0.05) is 18.2 Å². The van der Waals surface area contributed by atoms with Crippen molar-refractivity contribution in [2.45, 2.75) is 18.9 Å². The van der Waals surface area contributed by atoms with Crippen LogP contribution in [0.15, 0.2) is 42.5 Å². The van der Waals surface area contributed by atoms with Crippen LogP contribution in [0.25, 0.3) is 16.8 Å². The predicted molar refractivity (Wildman–Crippen MR) is 110 cm³/mol. The molecule has 1 fully saturated rings. The van der Waals surface area contributed by atoms with Gasteiger partial charge in [0, 0.05) is 6.08 Å². The van der Waals surface area contributed by atoms with E-state index in [0.29, 0.717) is 6.42 Å². The van der Waals surface area contributed by atoms with Crippen LogP contribution < -0.4 is 10.1 Å². The molecular formula is C21H23NO6S. The molecule has 1 heterocycles. The summed E-state index contributed by atoms with van der Waals surface area (Å²) in [5.74, 6) is -0.463. The summed E-state index contributed by atoms with van der Waals surface area (Å²) < 4.78 is 33.3. The molecule has 1 amide bonds. The van der Waals surface area contributed by atoms with Gasteiger partial charge >= 0.3 is 5.97 Å². The Morgan fingerprint density at radius 1 is 1.17 bits per heavy atom. The van der Waals surface area contributed by atoms with Crippen molar-refractivity contribution in [2.24, 2.45) is 0 Å². The second kappa shape index (κ2) is 8.24. The number of esters is 1. The highest BCUT2D eigenvalue weighted by Gasteiger charge is 2.39. The van der Waals surface area contributed by atoms with Gasteiger partial charge in [-0.2, -0.15) is 0 Å². The minimum atomic E-state index is -3.13. The molecule has 29 heavy (non-hydrogen) atoms. The lowest BCUT2D eigenvalue weighted by molar-refractivity contribution is -0.144. The summed E-state index contributed by atoms with van der Waals surface area (Å²) in [6, 6.07) is 11.4. The van der Waals surface area contributed by atoms with Gasteiger partial charge in [-0.15, -0.1) is 0 Å². The molecule has 0 spiro atoms. The van der Waals surface area contributed by atoms with Gasteiger partial charge in [-0.25, -0.2) is 13.2 Å². The van der Waals surface area contributed by atoms with Crippen molar-refractivity contribution in [1.29, 1.82) is 0 Å². The van der Waals surface area contributed by atoms with Gasteiger partial charge in [0.1, 0.15) is 5.75 Å². The number of carbonyl (C=O) groups is 2. The first kappa shape index (κ1) is 20.9. The Bertz CT molecular complexity index is 1080. The fourth-order valence-corrected chi connectivity index (χ4v) is 5.40. The first-order chi connectivity index (χ1) is 13.7. The first-order valence-electron chi connectivity index (χ1n) is 9.12. The number of amides is 1. The Kier molecular flexibility index (Phi) is 5.93. The zero-order valence-electron chi connectivity index (χ0n) is 16.3. The van der Waals surface area contributed by atoms with Crippen LogP contribution in [0, 0.1) is 0 Å². The molecule has 0 bridgehead atoms. The smallest absolute Gasteiger partial charge is 0.331 e. The number of rotatable bonds is 6. The number of ether oxygens (including phenoxy) is 2. The third-order valence-electron chi connectivity index (χ3n) is 4.77. The molecule has 7 nitrogen and oxygen atoms in total. The van der Waals surface area contributed by atoms with E-state index in [1.807, 2.05) is 36.4 Å². The van der Waals surface area contributed by atoms with Gasteiger partial charge in [0.05, 0.1) is 24.2 Å². The largest absolute Gasteiger partial charge is 0.497 e. The summed E-state index contributed by atoms with van der Waals surface area (Å²) in [5, 5.41) is 4.66. The van der Waals surface area contributed by atoms with Crippen LogP contribution in [0.2, 0.25) is 0 Å². The Balaban J connectivity index is 1.53. The molecule has 1 N–H and O–H groups in total. The van der Waals surface area contributed by atoms with E-state index in [-0.39, 0.29) is 11.5 Å². The van der Waals surface area contributed by atoms with Crippen LogP contribution in [0.3, 0.4) is 0 Å². The number of hydrogen-bond donors (Lipinski definition) is 1. The average Bonchev–Trinajstić information content (AvgIpc) is 2.96. The highest BCUT2D eigenvalue weighted by Crippen LogP contribution is 2.23. The maximum atomic E-state index is 12.0. The number of hydrogen-bond acceptors (Lipinski definition) is 6. The van der Waals surface area contributed by atoms with Crippen molar-refractivity contribution >= 4 is 38.6 Å². The van der Waals surface area contributed by atoms with E-state index >= 15 is 0 Å². The van der Waals surface area contributed by atoms with Crippen molar-refractivity contribution < 1.29 is 27.5 Å². The molecule has 0 radical (unpaired) electrons. The fourth-order valence-electron chi connectivity index (χ4n) is 3.30. The molecule has 0 unspecified atom stereocenters. The minimum Gasteiger partial charge on any atom is -0.497 e. The summed E-state index contributed by atoms with van der Waals surface area (Å²) in [6.45, 7) is 1.21. The lowest BCUT2D eigenvalue weighted by atomic mass is 10.0. The number of methoxy groups -OCH3 is 1.